The molecule has 5 heteroatoms. The molecule has 0 radical (unpaired) electrons. The van der Waals surface area contributed by atoms with Gasteiger partial charge in [0.15, 0.2) is 0 Å². The van der Waals surface area contributed by atoms with Crippen LogP contribution in [0.1, 0.15) is 6.92 Å². The second-order valence-electron chi connectivity index (χ2n) is 2.43. The average molecular weight is 167 g/mol. The topological polar surface area (TPSA) is 68.0 Å². The predicted molar refractivity (Wildman–Crippen MR) is 41.4 cm³/mol. The van der Waals surface area contributed by atoms with E-state index in [0.29, 0.717) is 6.54 Å². The molecule has 1 aromatic heterocycles. The molecular weight excluding hydrogens is 158 g/mol. The summed E-state index contributed by atoms with van der Waals surface area (Å²) >= 11 is 0. The number of aromatic nitrogens is 3. The first-order valence-electron chi connectivity index (χ1n) is 3.42. The molecule has 0 bridgehead atoms. The summed E-state index contributed by atoms with van der Waals surface area (Å²) in [5.41, 5.74) is 0.730. The fourth-order valence-electron chi connectivity index (χ4n) is 0.829. The molecule has 0 atom stereocenters. The third-order valence-corrected chi connectivity index (χ3v) is 1.25. The molecule has 0 aromatic carbocycles. The Kier molecular flexibility index (Phi) is 2.57. The van der Waals surface area contributed by atoms with Crippen LogP contribution in [0.15, 0.2) is 24.0 Å². The molecule has 0 aliphatic heterocycles. The quantitative estimate of drug-likeness (QED) is 0.658. The Morgan fingerprint density at radius 3 is 3.00 bits per heavy atom. The lowest BCUT2D eigenvalue weighted by Gasteiger charge is -1.97. The van der Waals surface area contributed by atoms with Gasteiger partial charge in [-0.05, 0) is 12.5 Å². The highest BCUT2D eigenvalue weighted by Gasteiger charge is 1.95. The number of carboxylic acid groups (broad SMARTS) is 1. The second-order valence-corrected chi connectivity index (χ2v) is 2.43. The van der Waals surface area contributed by atoms with Crippen molar-refractivity contribution in [2.75, 3.05) is 0 Å². The van der Waals surface area contributed by atoms with Crippen molar-refractivity contribution >= 4 is 5.97 Å². The van der Waals surface area contributed by atoms with E-state index in [-0.39, 0.29) is 0 Å². The third-order valence-electron chi connectivity index (χ3n) is 1.25. The standard InChI is InChI=1S/C7H9N3O2/c1-6(4-7(11)12)5-10-3-2-8-9-10/h2-4H,5H2,1H3,(H,11,12)/b6-4-. The van der Waals surface area contributed by atoms with Crippen molar-refractivity contribution in [1.82, 2.24) is 15.0 Å². The highest BCUT2D eigenvalue weighted by molar-refractivity contribution is 5.80. The summed E-state index contributed by atoms with van der Waals surface area (Å²) in [6.45, 7) is 2.20. The molecule has 0 fully saturated rings. The van der Waals surface area contributed by atoms with E-state index in [9.17, 15) is 4.79 Å². The molecule has 0 saturated carbocycles. The van der Waals surface area contributed by atoms with Gasteiger partial charge in [-0.1, -0.05) is 5.21 Å². The van der Waals surface area contributed by atoms with Crippen molar-refractivity contribution in [2.24, 2.45) is 0 Å². The Balaban J connectivity index is 2.58. The van der Waals surface area contributed by atoms with E-state index in [1.54, 1.807) is 24.0 Å². The van der Waals surface area contributed by atoms with Crippen molar-refractivity contribution < 1.29 is 9.90 Å². The Bertz CT molecular complexity index is 290. The molecule has 12 heavy (non-hydrogen) atoms. The molecule has 0 spiro atoms. The fourth-order valence-corrected chi connectivity index (χ4v) is 0.829. The Hall–Kier alpha value is -1.65. The average Bonchev–Trinajstić information content (AvgIpc) is 2.37. The molecule has 1 rings (SSSR count). The van der Waals surface area contributed by atoms with Crippen molar-refractivity contribution in [3.05, 3.63) is 24.0 Å². The number of nitrogens with zero attached hydrogens (tertiary/aromatic N) is 3. The summed E-state index contributed by atoms with van der Waals surface area (Å²) < 4.78 is 1.56. The number of aliphatic carboxylic acids is 1. The van der Waals surface area contributed by atoms with Crippen LogP contribution in [-0.2, 0) is 11.3 Å². The molecule has 0 amide bonds. The summed E-state index contributed by atoms with van der Waals surface area (Å²) in [4.78, 5) is 10.2. The lowest BCUT2D eigenvalue weighted by Crippen LogP contribution is -2.01. The SMILES string of the molecule is C/C(=C/C(=O)O)Cn1ccnn1. The molecule has 1 N–H and O–H groups in total. The monoisotopic (exact) mass is 167 g/mol. The van der Waals surface area contributed by atoms with Gasteiger partial charge in [0, 0.05) is 12.3 Å². The summed E-state index contributed by atoms with van der Waals surface area (Å²) in [5.74, 6) is -0.937. The summed E-state index contributed by atoms with van der Waals surface area (Å²) in [5, 5.41) is 15.7. The van der Waals surface area contributed by atoms with Crippen LogP contribution in [-0.4, -0.2) is 26.1 Å². The molecular formula is C7H9N3O2. The van der Waals surface area contributed by atoms with E-state index in [0.717, 1.165) is 11.6 Å². The van der Waals surface area contributed by atoms with Gasteiger partial charge in [0.2, 0.25) is 0 Å². The lowest BCUT2D eigenvalue weighted by atomic mass is 10.3. The zero-order valence-electron chi connectivity index (χ0n) is 6.64. The number of allylic oxidation sites excluding steroid dienone is 1. The van der Waals surface area contributed by atoms with Gasteiger partial charge in [0.05, 0.1) is 12.7 Å². The van der Waals surface area contributed by atoms with Crippen LogP contribution in [0.3, 0.4) is 0 Å². The van der Waals surface area contributed by atoms with E-state index in [1.807, 2.05) is 0 Å². The van der Waals surface area contributed by atoms with Crippen molar-refractivity contribution in [2.45, 2.75) is 13.5 Å². The molecule has 64 valence electrons. The van der Waals surface area contributed by atoms with Gasteiger partial charge in [-0.15, -0.1) is 5.10 Å². The van der Waals surface area contributed by atoms with Crippen molar-refractivity contribution in [3.63, 3.8) is 0 Å². The van der Waals surface area contributed by atoms with Gasteiger partial charge >= 0.3 is 5.97 Å². The molecule has 0 aliphatic carbocycles. The van der Waals surface area contributed by atoms with Crippen LogP contribution >= 0.6 is 0 Å². The smallest absolute Gasteiger partial charge is 0.328 e. The van der Waals surface area contributed by atoms with Crippen LogP contribution in [0.2, 0.25) is 0 Å². The van der Waals surface area contributed by atoms with Gasteiger partial charge in [-0.25, -0.2) is 9.48 Å². The molecule has 5 nitrogen and oxygen atoms in total. The van der Waals surface area contributed by atoms with Gasteiger partial charge in [0.1, 0.15) is 0 Å². The second kappa shape index (κ2) is 3.66. The van der Waals surface area contributed by atoms with Crippen LogP contribution in [0.4, 0.5) is 0 Å². The van der Waals surface area contributed by atoms with Crippen LogP contribution in [0, 0.1) is 0 Å². The number of carbonyl (C=O) groups is 1. The minimum Gasteiger partial charge on any atom is -0.478 e. The number of rotatable bonds is 3. The largest absolute Gasteiger partial charge is 0.478 e. The first-order chi connectivity index (χ1) is 5.68. The summed E-state index contributed by atoms with van der Waals surface area (Å²) in [6.07, 6.45) is 4.38. The highest BCUT2D eigenvalue weighted by atomic mass is 16.4. The summed E-state index contributed by atoms with van der Waals surface area (Å²) in [7, 11) is 0. The van der Waals surface area contributed by atoms with E-state index in [2.05, 4.69) is 10.3 Å². The minimum absolute atomic E-state index is 0.465. The maximum Gasteiger partial charge on any atom is 0.328 e. The third kappa shape index (κ3) is 2.53. The molecule has 1 heterocycles. The van der Waals surface area contributed by atoms with Crippen molar-refractivity contribution in [3.8, 4) is 0 Å². The number of carboxylic acids is 1. The Morgan fingerprint density at radius 1 is 1.75 bits per heavy atom. The first kappa shape index (κ1) is 8.45. The molecule has 1 aromatic rings. The van der Waals surface area contributed by atoms with E-state index in [4.69, 9.17) is 5.11 Å². The number of hydrogen-bond acceptors (Lipinski definition) is 3. The predicted octanol–water partition coefficient (Wildman–Crippen LogP) is 0.309. The van der Waals surface area contributed by atoms with Gasteiger partial charge in [-0.2, -0.15) is 0 Å². The van der Waals surface area contributed by atoms with E-state index in [1.165, 1.54) is 0 Å². The fraction of sp³-hybridized carbons (Fsp3) is 0.286. The molecule has 0 saturated heterocycles. The van der Waals surface area contributed by atoms with Crippen LogP contribution in [0.5, 0.6) is 0 Å². The normalized spacial score (nSPS) is 11.6. The van der Waals surface area contributed by atoms with E-state index < -0.39 is 5.97 Å². The zero-order valence-corrected chi connectivity index (χ0v) is 6.64. The first-order valence-corrected chi connectivity index (χ1v) is 3.42. The van der Waals surface area contributed by atoms with Crippen molar-refractivity contribution in [1.29, 1.82) is 0 Å². The Labute approximate surface area is 69.3 Å². The summed E-state index contributed by atoms with van der Waals surface area (Å²) in [6, 6.07) is 0. The lowest BCUT2D eigenvalue weighted by molar-refractivity contribution is -0.131. The van der Waals surface area contributed by atoms with Crippen LogP contribution in [0.25, 0.3) is 0 Å². The van der Waals surface area contributed by atoms with Crippen LogP contribution < -0.4 is 0 Å². The Morgan fingerprint density at radius 2 is 2.50 bits per heavy atom. The van der Waals surface area contributed by atoms with Gasteiger partial charge in [0.25, 0.3) is 0 Å². The zero-order chi connectivity index (χ0) is 8.97. The molecule has 0 aliphatic rings. The minimum atomic E-state index is -0.937. The number of hydrogen-bond donors (Lipinski definition) is 1. The highest BCUT2D eigenvalue weighted by Crippen LogP contribution is 1.95. The van der Waals surface area contributed by atoms with Gasteiger partial charge < -0.3 is 5.11 Å². The maximum absolute atomic E-state index is 10.2. The maximum atomic E-state index is 10.2. The van der Waals surface area contributed by atoms with Gasteiger partial charge in [-0.3, -0.25) is 0 Å². The van der Waals surface area contributed by atoms with E-state index >= 15 is 0 Å². The molecule has 0 unspecified atom stereocenters.